The minimum absolute atomic E-state index is 0.0673. The summed E-state index contributed by atoms with van der Waals surface area (Å²) in [4.78, 5) is 21.9. The molecule has 1 amide bonds. The second kappa shape index (κ2) is 7.31. The molecule has 27 heavy (non-hydrogen) atoms. The average Bonchev–Trinajstić information content (AvgIpc) is 3.34. The van der Waals surface area contributed by atoms with Gasteiger partial charge in [-0.15, -0.1) is 0 Å². The zero-order valence-corrected chi connectivity index (χ0v) is 16.9. The van der Waals surface area contributed by atoms with E-state index in [0.29, 0.717) is 18.8 Å². The molecule has 0 saturated carbocycles. The Morgan fingerprint density at radius 2 is 1.96 bits per heavy atom. The Bertz CT molecular complexity index is 952. The van der Waals surface area contributed by atoms with Gasteiger partial charge in [0.05, 0.1) is 10.2 Å². The molecule has 0 radical (unpaired) electrons. The zero-order chi connectivity index (χ0) is 19.0. The van der Waals surface area contributed by atoms with Gasteiger partial charge >= 0.3 is 0 Å². The first-order chi connectivity index (χ1) is 13.1. The van der Waals surface area contributed by atoms with E-state index in [1.807, 2.05) is 24.8 Å². The normalized spacial score (nSPS) is 15.1. The highest BCUT2D eigenvalue weighted by atomic mass is 32.1. The predicted octanol–water partition coefficient (Wildman–Crippen LogP) is 3.60. The van der Waals surface area contributed by atoms with Crippen molar-refractivity contribution < 1.29 is 4.79 Å². The smallest absolute Gasteiger partial charge is 0.272 e. The first-order valence-corrected chi connectivity index (χ1v) is 10.4. The van der Waals surface area contributed by atoms with Crippen LogP contribution in [0.1, 0.15) is 42.9 Å². The highest BCUT2D eigenvalue weighted by Crippen LogP contribution is 2.30. The quantitative estimate of drug-likeness (QED) is 0.691. The molecule has 6 nitrogen and oxygen atoms in total. The lowest BCUT2D eigenvalue weighted by Crippen LogP contribution is -2.49. The molecule has 4 rings (SSSR count). The Balaban J connectivity index is 1.45. The minimum Gasteiger partial charge on any atom is -0.345 e. The average molecular weight is 384 g/mol. The maximum Gasteiger partial charge on any atom is 0.272 e. The Morgan fingerprint density at radius 1 is 1.19 bits per heavy atom. The molecule has 0 atom stereocenters. The molecule has 0 spiro atoms. The van der Waals surface area contributed by atoms with Gasteiger partial charge in [0.1, 0.15) is 5.69 Å². The van der Waals surface area contributed by atoms with Gasteiger partial charge < -0.3 is 9.80 Å². The van der Waals surface area contributed by atoms with Crippen LogP contribution in [-0.2, 0) is 6.42 Å². The number of aromatic nitrogens is 3. The van der Waals surface area contributed by atoms with Crippen molar-refractivity contribution in [3.63, 3.8) is 0 Å². The van der Waals surface area contributed by atoms with Crippen LogP contribution in [0.2, 0.25) is 0 Å². The summed E-state index contributed by atoms with van der Waals surface area (Å²) >= 11 is 1.74. The molecule has 1 saturated heterocycles. The molecule has 0 bridgehead atoms. The monoisotopic (exact) mass is 383 g/mol. The van der Waals surface area contributed by atoms with Crippen LogP contribution in [0.5, 0.6) is 0 Å². The van der Waals surface area contributed by atoms with Gasteiger partial charge in [-0.3, -0.25) is 9.48 Å². The number of amides is 1. The van der Waals surface area contributed by atoms with Crippen LogP contribution in [0, 0.1) is 0 Å². The lowest BCUT2D eigenvalue weighted by molar-refractivity contribution is 0.0732. The van der Waals surface area contributed by atoms with Gasteiger partial charge in [-0.1, -0.05) is 24.3 Å². The molecule has 0 unspecified atom stereocenters. The molecule has 0 N–H and O–H groups in total. The fourth-order valence-electron chi connectivity index (χ4n) is 3.47. The van der Waals surface area contributed by atoms with Crippen molar-refractivity contribution in [2.75, 3.05) is 31.1 Å². The topological polar surface area (TPSA) is 54.3 Å². The highest BCUT2D eigenvalue weighted by Gasteiger charge is 2.26. The summed E-state index contributed by atoms with van der Waals surface area (Å²) in [5.41, 5.74) is 3.08. The number of hydrogen-bond acceptors (Lipinski definition) is 5. The Hall–Kier alpha value is -2.41. The zero-order valence-electron chi connectivity index (χ0n) is 16.1. The summed E-state index contributed by atoms with van der Waals surface area (Å²) in [5, 5.41) is 5.34. The molecule has 3 heterocycles. The number of hydrogen-bond donors (Lipinski definition) is 0. The standard InChI is InChI=1S/C20H25N5OS/c1-4-15-5-6-16-18(13-15)27-20(22-16)24-11-9-23(10-12-24)19(26)17-7-8-21-25(17)14(2)3/h5-8,13-14H,4,9-12H2,1-3H3. The van der Waals surface area contributed by atoms with E-state index in [0.717, 1.165) is 30.2 Å². The largest absolute Gasteiger partial charge is 0.345 e. The van der Waals surface area contributed by atoms with Crippen molar-refractivity contribution in [2.45, 2.75) is 33.2 Å². The summed E-state index contributed by atoms with van der Waals surface area (Å²) in [5.74, 6) is 0.0673. The fourth-order valence-corrected chi connectivity index (χ4v) is 4.55. The van der Waals surface area contributed by atoms with Crippen LogP contribution < -0.4 is 4.90 Å². The van der Waals surface area contributed by atoms with Gasteiger partial charge in [0.2, 0.25) is 0 Å². The van der Waals surface area contributed by atoms with E-state index in [1.165, 1.54) is 10.3 Å². The highest BCUT2D eigenvalue weighted by molar-refractivity contribution is 7.22. The Labute approximate surface area is 163 Å². The third-order valence-electron chi connectivity index (χ3n) is 5.07. The van der Waals surface area contributed by atoms with Crippen LogP contribution in [-0.4, -0.2) is 51.8 Å². The molecule has 142 valence electrons. The number of aryl methyl sites for hydroxylation is 1. The minimum atomic E-state index is 0.0673. The van der Waals surface area contributed by atoms with Crippen LogP contribution in [0.25, 0.3) is 10.2 Å². The van der Waals surface area contributed by atoms with E-state index in [4.69, 9.17) is 4.98 Å². The summed E-state index contributed by atoms with van der Waals surface area (Å²) < 4.78 is 3.04. The van der Waals surface area contributed by atoms with Gasteiger partial charge in [-0.05, 0) is 44.0 Å². The van der Waals surface area contributed by atoms with Crippen LogP contribution in [0.4, 0.5) is 5.13 Å². The van der Waals surface area contributed by atoms with Crippen LogP contribution in [0.3, 0.4) is 0 Å². The Kier molecular flexibility index (Phi) is 4.86. The van der Waals surface area contributed by atoms with Crippen molar-refractivity contribution in [3.05, 3.63) is 41.7 Å². The molecule has 2 aromatic heterocycles. The molecule has 1 aliphatic rings. The Morgan fingerprint density at radius 3 is 2.67 bits per heavy atom. The molecular formula is C20H25N5OS. The third-order valence-corrected chi connectivity index (χ3v) is 6.14. The van der Waals surface area contributed by atoms with Gasteiger partial charge in [-0.25, -0.2) is 4.98 Å². The number of anilines is 1. The van der Waals surface area contributed by atoms with E-state index in [9.17, 15) is 4.79 Å². The third kappa shape index (κ3) is 3.43. The van der Waals surface area contributed by atoms with Gasteiger partial charge in [0.15, 0.2) is 5.13 Å². The number of carbonyl (C=O) groups is 1. The van der Waals surface area contributed by atoms with E-state index in [1.54, 1.807) is 22.2 Å². The second-order valence-corrected chi connectivity index (χ2v) is 8.20. The van der Waals surface area contributed by atoms with E-state index in [-0.39, 0.29) is 11.9 Å². The summed E-state index contributed by atoms with van der Waals surface area (Å²) in [6.45, 7) is 9.28. The lowest BCUT2D eigenvalue weighted by Gasteiger charge is -2.34. The number of thiazole rings is 1. The number of benzene rings is 1. The summed E-state index contributed by atoms with van der Waals surface area (Å²) in [6.07, 6.45) is 2.74. The van der Waals surface area contributed by atoms with Crippen LogP contribution >= 0.6 is 11.3 Å². The number of rotatable bonds is 4. The summed E-state index contributed by atoms with van der Waals surface area (Å²) in [7, 11) is 0. The molecular weight excluding hydrogens is 358 g/mol. The maximum absolute atomic E-state index is 12.9. The first-order valence-electron chi connectivity index (χ1n) is 9.54. The lowest BCUT2D eigenvalue weighted by atomic mass is 10.2. The summed E-state index contributed by atoms with van der Waals surface area (Å²) in [6, 6.07) is 8.49. The molecule has 3 aromatic rings. The van der Waals surface area contributed by atoms with Crippen molar-refractivity contribution in [1.82, 2.24) is 19.7 Å². The molecule has 0 aliphatic carbocycles. The number of piperazine rings is 1. The van der Waals surface area contributed by atoms with Crippen LogP contribution in [0.15, 0.2) is 30.5 Å². The maximum atomic E-state index is 12.9. The molecule has 1 aromatic carbocycles. The number of nitrogens with zero attached hydrogens (tertiary/aromatic N) is 5. The van der Waals surface area contributed by atoms with E-state index >= 15 is 0 Å². The van der Waals surface area contributed by atoms with E-state index < -0.39 is 0 Å². The predicted molar refractivity (Wildman–Crippen MR) is 110 cm³/mol. The van der Waals surface area contributed by atoms with Gasteiger partial charge in [-0.2, -0.15) is 5.10 Å². The molecule has 1 fully saturated rings. The fraction of sp³-hybridized carbons (Fsp3) is 0.450. The first kappa shape index (κ1) is 18.0. The second-order valence-electron chi connectivity index (χ2n) is 7.19. The SMILES string of the molecule is CCc1ccc2nc(N3CCN(C(=O)c4ccnn4C(C)C)CC3)sc2c1. The van der Waals surface area contributed by atoms with Crippen molar-refractivity contribution in [2.24, 2.45) is 0 Å². The van der Waals surface area contributed by atoms with Crippen molar-refractivity contribution >= 4 is 32.6 Å². The molecule has 7 heteroatoms. The van der Waals surface area contributed by atoms with Gasteiger partial charge in [0, 0.05) is 38.4 Å². The van der Waals surface area contributed by atoms with Crippen molar-refractivity contribution in [3.8, 4) is 0 Å². The van der Waals surface area contributed by atoms with Crippen molar-refractivity contribution in [1.29, 1.82) is 0 Å². The number of carbonyl (C=O) groups excluding carboxylic acids is 1. The van der Waals surface area contributed by atoms with Gasteiger partial charge in [0.25, 0.3) is 5.91 Å². The van der Waals surface area contributed by atoms with E-state index in [2.05, 4.69) is 35.1 Å². The number of fused-ring (bicyclic) bond motifs is 1. The molecule has 1 aliphatic heterocycles.